The maximum atomic E-state index is 4.32. The van der Waals surface area contributed by atoms with E-state index in [0.29, 0.717) is 6.54 Å². The number of hydrogen-bond acceptors (Lipinski definition) is 4. The SMILES string of the molecule is Cc1nccc(CNc2ncc(Br)cc2C)n1. The minimum atomic E-state index is 0.652. The first-order valence-corrected chi connectivity index (χ1v) is 6.09. The summed E-state index contributed by atoms with van der Waals surface area (Å²) in [6.45, 7) is 4.55. The van der Waals surface area contributed by atoms with E-state index >= 15 is 0 Å². The summed E-state index contributed by atoms with van der Waals surface area (Å²) in [4.78, 5) is 12.7. The molecule has 5 heteroatoms. The van der Waals surface area contributed by atoms with Crippen LogP contribution in [-0.2, 0) is 6.54 Å². The van der Waals surface area contributed by atoms with Crippen molar-refractivity contribution < 1.29 is 0 Å². The van der Waals surface area contributed by atoms with Gasteiger partial charge in [-0.3, -0.25) is 0 Å². The molecule has 0 saturated carbocycles. The number of nitrogens with zero attached hydrogens (tertiary/aromatic N) is 3. The van der Waals surface area contributed by atoms with Gasteiger partial charge in [-0.15, -0.1) is 0 Å². The second-order valence-corrected chi connectivity index (χ2v) is 4.68. The fourth-order valence-corrected chi connectivity index (χ4v) is 1.95. The normalized spacial score (nSPS) is 10.3. The molecule has 0 aliphatic heterocycles. The minimum Gasteiger partial charge on any atom is -0.364 e. The van der Waals surface area contributed by atoms with E-state index in [9.17, 15) is 0 Å². The lowest BCUT2D eigenvalue weighted by atomic mass is 10.3. The second kappa shape index (κ2) is 5.23. The van der Waals surface area contributed by atoms with Crippen LogP contribution in [0.25, 0.3) is 0 Å². The molecule has 0 bridgehead atoms. The van der Waals surface area contributed by atoms with Gasteiger partial charge in [0, 0.05) is 16.9 Å². The first-order chi connectivity index (χ1) is 8.15. The van der Waals surface area contributed by atoms with Crippen molar-refractivity contribution in [1.82, 2.24) is 15.0 Å². The summed E-state index contributed by atoms with van der Waals surface area (Å²) >= 11 is 3.39. The molecule has 2 rings (SSSR count). The van der Waals surface area contributed by atoms with E-state index in [1.54, 1.807) is 12.4 Å². The Kier molecular flexibility index (Phi) is 3.68. The summed E-state index contributed by atoms with van der Waals surface area (Å²) in [6.07, 6.45) is 3.54. The number of nitrogens with one attached hydrogen (secondary N) is 1. The number of pyridine rings is 1. The van der Waals surface area contributed by atoms with E-state index in [2.05, 4.69) is 36.2 Å². The zero-order valence-electron chi connectivity index (χ0n) is 9.74. The molecule has 0 fully saturated rings. The molecule has 2 heterocycles. The molecule has 2 aromatic rings. The van der Waals surface area contributed by atoms with Crippen molar-refractivity contribution in [2.75, 3.05) is 5.32 Å². The van der Waals surface area contributed by atoms with Crippen molar-refractivity contribution in [1.29, 1.82) is 0 Å². The molecule has 0 atom stereocenters. The van der Waals surface area contributed by atoms with E-state index in [1.165, 1.54) is 0 Å². The Bertz CT molecular complexity index is 528. The zero-order valence-corrected chi connectivity index (χ0v) is 11.3. The summed E-state index contributed by atoms with van der Waals surface area (Å²) in [5.74, 6) is 1.66. The van der Waals surface area contributed by atoms with Gasteiger partial charge in [0.1, 0.15) is 11.6 Å². The number of aryl methyl sites for hydroxylation is 2. The van der Waals surface area contributed by atoms with Gasteiger partial charge in [-0.25, -0.2) is 15.0 Å². The molecule has 0 saturated heterocycles. The summed E-state index contributed by atoms with van der Waals surface area (Å²) in [5, 5.41) is 3.26. The van der Waals surface area contributed by atoms with Crippen LogP contribution >= 0.6 is 15.9 Å². The third-order valence-corrected chi connectivity index (χ3v) is 2.75. The fraction of sp³-hybridized carbons (Fsp3) is 0.250. The van der Waals surface area contributed by atoms with Crippen molar-refractivity contribution in [2.45, 2.75) is 20.4 Å². The Morgan fingerprint density at radius 3 is 2.82 bits per heavy atom. The van der Waals surface area contributed by atoms with E-state index in [1.807, 2.05) is 26.0 Å². The minimum absolute atomic E-state index is 0.652. The molecule has 4 nitrogen and oxygen atoms in total. The van der Waals surface area contributed by atoms with Gasteiger partial charge in [-0.2, -0.15) is 0 Å². The van der Waals surface area contributed by atoms with Crippen LogP contribution in [0, 0.1) is 13.8 Å². The summed E-state index contributed by atoms with van der Waals surface area (Å²) in [7, 11) is 0. The van der Waals surface area contributed by atoms with Crippen LogP contribution in [0.4, 0.5) is 5.82 Å². The largest absolute Gasteiger partial charge is 0.364 e. The Hall–Kier alpha value is -1.49. The lowest BCUT2D eigenvalue weighted by molar-refractivity contribution is 0.948. The van der Waals surface area contributed by atoms with Crippen LogP contribution in [-0.4, -0.2) is 15.0 Å². The number of aromatic nitrogens is 3. The standard InChI is InChI=1S/C12H13BrN4/c1-8-5-10(13)6-15-12(8)16-7-11-3-4-14-9(2)17-11/h3-6H,7H2,1-2H3,(H,15,16). The average molecular weight is 293 g/mol. The van der Waals surface area contributed by atoms with Crippen molar-refractivity contribution >= 4 is 21.7 Å². The van der Waals surface area contributed by atoms with Crippen molar-refractivity contribution in [3.8, 4) is 0 Å². The zero-order chi connectivity index (χ0) is 12.3. The highest BCUT2D eigenvalue weighted by atomic mass is 79.9. The van der Waals surface area contributed by atoms with Gasteiger partial charge in [0.25, 0.3) is 0 Å². The van der Waals surface area contributed by atoms with Gasteiger partial charge in [0.15, 0.2) is 0 Å². The van der Waals surface area contributed by atoms with Gasteiger partial charge in [0.2, 0.25) is 0 Å². The number of halogens is 1. The van der Waals surface area contributed by atoms with E-state index in [-0.39, 0.29) is 0 Å². The van der Waals surface area contributed by atoms with Crippen molar-refractivity contribution in [3.63, 3.8) is 0 Å². The van der Waals surface area contributed by atoms with Gasteiger partial charge >= 0.3 is 0 Å². The quantitative estimate of drug-likeness (QED) is 0.945. The molecule has 1 N–H and O–H groups in total. The summed E-state index contributed by atoms with van der Waals surface area (Å²) in [5.41, 5.74) is 2.06. The third kappa shape index (κ3) is 3.23. The molecule has 0 aliphatic carbocycles. The van der Waals surface area contributed by atoms with Crippen LogP contribution in [0.3, 0.4) is 0 Å². The first kappa shape index (κ1) is 12.0. The number of anilines is 1. The van der Waals surface area contributed by atoms with Gasteiger partial charge in [-0.05, 0) is 47.5 Å². The first-order valence-electron chi connectivity index (χ1n) is 5.29. The number of rotatable bonds is 3. The van der Waals surface area contributed by atoms with E-state index in [4.69, 9.17) is 0 Å². The Morgan fingerprint density at radius 2 is 2.12 bits per heavy atom. The molecule has 0 unspecified atom stereocenters. The summed E-state index contributed by atoms with van der Waals surface area (Å²) < 4.78 is 0.985. The molecule has 0 amide bonds. The topological polar surface area (TPSA) is 50.7 Å². The smallest absolute Gasteiger partial charge is 0.129 e. The molecule has 0 aliphatic rings. The molecule has 0 spiro atoms. The Balaban J connectivity index is 2.07. The monoisotopic (exact) mass is 292 g/mol. The molecular formula is C12H13BrN4. The Morgan fingerprint density at radius 1 is 1.29 bits per heavy atom. The highest BCUT2D eigenvalue weighted by molar-refractivity contribution is 9.10. The van der Waals surface area contributed by atoms with Crippen LogP contribution in [0.15, 0.2) is 29.0 Å². The highest BCUT2D eigenvalue weighted by Crippen LogP contribution is 2.17. The lowest BCUT2D eigenvalue weighted by Crippen LogP contribution is -2.05. The predicted octanol–water partition coefficient (Wildman–Crippen LogP) is 2.86. The van der Waals surface area contributed by atoms with Crippen molar-refractivity contribution in [2.24, 2.45) is 0 Å². The molecule has 17 heavy (non-hydrogen) atoms. The molecule has 0 radical (unpaired) electrons. The predicted molar refractivity (Wildman–Crippen MR) is 70.8 cm³/mol. The van der Waals surface area contributed by atoms with Crippen LogP contribution < -0.4 is 5.32 Å². The Labute approximate surface area is 109 Å². The maximum Gasteiger partial charge on any atom is 0.129 e. The second-order valence-electron chi connectivity index (χ2n) is 3.77. The fourth-order valence-electron chi connectivity index (χ4n) is 1.50. The van der Waals surface area contributed by atoms with Crippen LogP contribution in [0.2, 0.25) is 0 Å². The molecule has 2 aromatic heterocycles. The van der Waals surface area contributed by atoms with Gasteiger partial charge in [0.05, 0.1) is 12.2 Å². The van der Waals surface area contributed by atoms with Gasteiger partial charge in [-0.1, -0.05) is 0 Å². The molecule has 88 valence electrons. The van der Waals surface area contributed by atoms with Crippen LogP contribution in [0.1, 0.15) is 17.1 Å². The van der Waals surface area contributed by atoms with E-state index < -0.39 is 0 Å². The maximum absolute atomic E-state index is 4.32. The number of hydrogen-bond donors (Lipinski definition) is 1. The van der Waals surface area contributed by atoms with Gasteiger partial charge < -0.3 is 5.32 Å². The molecular weight excluding hydrogens is 280 g/mol. The average Bonchev–Trinajstić information content (AvgIpc) is 2.28. The van der Waals surface area contributed by atoms with Crippen molar-refractivity contribution in [3.05, 3.63) is 46.1 Å². The van der Waals surface area contributed by atoms with Crippen LogP contribution in [0.5, 0.6) is 0 Å². The van der Waals surface area contributed by atoms with E-state index in [0.717, 1.165) is 27.4 Å². The summed E-state index contributed by atoms with van der Waals surface area (Å²) in [6, 6.07) is 3.93. The highest BCUT2D eigenvalue weighted by Gasteiger charge is 2.01. The molecule has 0 aromatic carbocycles. The lowest BCUT2D eigenvalue weighted by Gasteiger charge is -2.08. The third-order valence-electron chi connectivity index (χ3n) is 2.32.